The highest BCUT2D eigenvalue weighted by atomic mass is 19.4. The van der Waals surface area contributed by atoms with Crippen molar-refractivity contribution in [1.29, 1.82) is 0 Å². The fraction of sp³-hybridized carbons (Fsp3) is 0.500. The third kappa shape index (κ3) is 6.46. The normalized spacial score (nSPS) is 23.0. The fourth-order valence-corrected chi connectivity index (χ4v) is 6.23. The molecule has 6 rings (SSSR count). The number of ether oxygens (including phenoxy) is 1. The lowest BCUT2D eigenvalue weighted by atomic mass is 10.0. The standard InChI is InChI=1S/C30H35F4N7O3/c1-39-10-9-24(22(31)16-39)36-23-4-3-5-25-21(23)13-26(41(25)17-30(32,33)34)28-37-27(44-38-28)14-35-29(42)18-8-11-40(15-18)19-6-7-20(12-19)43-2/h3-5,8,11,13,15,19-20,22,24,36H,6-7,9-10,12,14,16-17H2,1-2H3,(H,35,42)/t19-,20+,22-,24+/m0/s1. The molecule has 10 nitrogen and oxygen atoms in total. The first kappa shape index (κ1) is 30.1. The number of methoxy groups -OCH3 is 1. The summed E-state index contributed by atoms with van der Waals surface area (Å²) in [5.74, 6) is -0.351. The van der Waals surface area contributed by atoms with Crippen molar-refractivity contribution < 1.29 is 31.6 Å². The van der Waals surface area contributed by atoms with Crippen LogP contribution in [0.3, 0.4) is 0 Å². The third-order valence-corrected chi connectivity index (χ3v) is 8.55. The van der Waals surface area contributed by atoms with E-state index < -0.39 is 24.9 Å². The largest absolute Gasteiger partial charge is 0.406 e. The van der Waals surface area contributed by atoms with Gasteiger partial charge in [-0.3, -0.25) is 4.79 Å². The molecule has 44 heavy (non-hydrogen) atoms. The van der Waals surface area contributed by atoms with E-state index in [0.29, 0.717) is 35.1 Å². The Bertz CT molecular complexity index is 1610. The number of alkyl halides is 4. The van der Waals surface area contributed by atoms with E-state index in [9.17, 15) is 22.4 Å². The highest BCUT2D eigenvalue weighted by molar-refractivity contribution is 5.96. The maximum absolute atomic E-state index is 14.8. The summed E-state index contributed by atoms with van der Waals surface area (Å²) in [7, 11) is 3.55. The molecule has 1 amide bonds. The number of aromatic nitrogens is 4. The Morgan fingerprint density at radius 1 is 1.20 bits per heavy atom. The predicted molar refractivity (Wildman–Crippen MR) is 155 cm³/mol. The van der Waals surface area contributed by atoms with Gasteiger partial charge in [0.05, 0.1) is 35.5 Å². The van der Waals surface area contributed by atoms with Gasteiger partial charge in [-0.2, -0.15) is 18.2 Å². The molecular weight excluding hydrogens is 582 g/mol. The summed E-state index contributed by atoms with van der Waals surface area (Å²) in [4.78, 5) is 19.0. The summed E-state index contributed by atoms with van der Waals surface area (Å²) in [5.41, 5.74) is 1.39. The van der Waals surface area contributed by atoms with Gasteiger partial charge in [0.25, 0.3) is 5.91 Å². The van der Waals surface area contributed by atoms with Gasteiger partial charge in [0, 0.05) is 49.7 Å². The van der Waals surface area contributed by atoms with E-state index in [0.717, 1.165) is 23.8 Å². The summed E-state index contributed by atoms with van der Waals surface area (Å²) < 4.78 is 69.7. The van der Waals surface area contributed by atoms with Gasteiger partial charge < -0.3 is 33.9 Å². The minimum absolute atomic E-state index is 0.0419. The van der Waals surface area contributed by atoms with Crippen LogP contribution in [-0.4, -0.2) is 81.8 Å². The Morgan fingerprint density at radius 2 is 2.05 bits per heavy atom. The average Bonchev–Trinajstić information content (AvgIpc) is 3.79. The lowest BCUT2D eigenvalue weighted by Gasteiger charge is -2.33. The molecule has 1 aliphatic carbocycles. The average molecular weight is 618 g/mol. The smallest absolute Gasteiger partial charge is 0.381 e. The van der Waals surface area contributed by atoms with Crippen LogP contribution in [0.1, 0.15) is 48.0 Å². The molecule has 1 aliphatic heterocycles. The summed E-state index contributed by atoms with van der Waals surface area (Å²) in [6.07, 6.45) is 1.60. The summed E-state index contributed by atoms with van der Waals surface area (Å²) in [6, 6.07) is 8.02. The van der Waals surface area contributed by atoms with Crippen molar-refractivity contribution in [2.45, 2.75) is 69.3 Å². The van der Waals surface area contributed by atoms with E-state index in [1.807, 2.05) is 22.7 Å². The molecule has 0 spiro atoms. The van der Waals surface area contributed by atoms with Crippen LogP contribution < -0.4 is 10.6 Å². The first-order valence-corrected chi connectivity index (χ1v) is 14.7. The number of anilines is 1. The van der Waals surface area contributed by atoms with Crippen molar-refractivity contribution in [2.75, 3.05) is 32.6 Å². The highest BCUT2D eigenvalue weighted by Crippen LogP contribution is 2.35. The van der Waals surface area contributed by atoms with Gasteiger partial charge in [-0.05, 0) is 57.0 Å². The number of hydrogen-bond acceptors (Lipinski definition) is 7. The first-order chi connectivity index (χ1) is 21.1. The van der Waals surface area contributed by atoms with Crippen LogP contribution in [0.25, 0.3) is 22.4 Å². The molecule has 2 fully saturated rings. The molecular formula is C30H35F4N7O3. The number of nitrogens with zero attached hydrogens (tertiary/aromatic N) is 5. The summed E-state index contributed by atoms with van der Waals surface area (Å²) in [6.45, 7) is -0.402. The van der Waals surface area contributed by atoms with Crippen LogP contribution in [-0.2, 0) is 17.8 Å². The van der Waals surface area contributed by atoms with Crippen molar-refractivity contribution in [3.05, 3.63) is 54.2 Å². The Morgan fingerprint density at radius 3 is 2.80 bits per heavy atom. The topological polar surface area (TPSA) is 102 Å². The first-order valence-electron chi connectivity index (χ1n) is 14.7. The quantitative estimate of drug-likeness (QED) is 0.250. The molecule has 1 aromatic carbocycles. The van der Waals surface area contributed by atoms with Crippen molar-refractivity contribution in [2.24, 2.45) is 0 Å². The van der Waals surface area contributed by atoms with Gasteiger partial charge in [-0.1, -0.05) is 11.2 Å². The molecule has 1 saturated heterocycles. The molecule has 14 heteroatoms. The van der Waals surface area contributed by atoms with Crippen LogP contribution in [0, 0.1) is 0 Å². The van der Waals surface area contributed by atoms with E-state index in [-0.39, 0.29) is 48.6 Å². The van der Waals surface area contributed by atoms with Crippen LogP contribution in [0.4, 0.5) is 23.2 Å². The number of piperidine rings is 1. The summed E-state index contributed by atoms with van der Waals surface area (Å²) >= 11 is 0. The van der Waals surface area contributed by atoms with Crippen LogP contribution >= 0.6 is 0 Å². The number of fused-ring (bicyclic) bond motifs is 1. The van der Waals surface area contributed by atoms with Crippen molar-refractivity contribution in [3.8, 4) is 11.5 Å². The second kappa shape index (κ2) is 12.2. The highest BCUT2D eigenvalue weighted by Gasteiger charge is 2.32. The van der Waals surface area contributed by atoms with E-state index in [1.54, 1.807) is 43.6 Å². The second-order valence-corrected chi connectivity index (χ2v) is 11.7. The van der Waals surface area contributed by atoms with Gasteiger partial charge in [0.15, 0.2) is 0 Å². The zero-order valence-electron chi connectivity index (χ0n) is 24.5. The lowest BCUT2D eigenvalue weighted by molar-refractivity contribution is -0.139. The Kier molecular flexibility index (Phi) is 8.38. The molecule has 4 heterocycles. The molecule has 0 unspecified atom stereocenters. The number of carbonyl (C=O) groups excluding carboxylic acids is 1. The molecule has 0 radical (unpaired) electrons. The van der Waals surface area contributed by atoms with E-state index >= 15 is 0 Å². The molecule has 3 aromatic heterocycles. The van der Waals surface area contributed by atoms with Crippen molar-refractivity contribution >= 4 is 22.5 Å². The van der Waals surface area contributed by atoms with Gasteiger partial charge in [-0.15, -0.1) is 0 Å². The van der Waals surface area contributed by atoms with Gasteiger partial charge >= 0.3 is 6.18 Å². The number of hydrogen-bond donors (Lipinski definition) is 2. The number of benzene rings is 1. The minimum atomic E-state index is -4.53. The molecule has 4 aromatic rings. The number of amides is 1. The number of halogens is 4. The molecule has 2 aliphatic rings. The zero-order valence-corrected chi connectivity index (χ0v) is 24.5. The molecule has 236 valence electrons. The number of carbonyl (C=O) groups is 1. The molecule has 1 saturated carbocycles. The Balaban J connectivity index is 1.20. The fourth-order valence-electron chi connectivity index (χ4n) is 6.23. The lowest BCUT2D eigenvalue weighted by Crippen LogP contribution is -2.46. The monoisotopic (exact) mass is 617 g/mol. The molecule has 4 atom stereocenters. The van der Waals surface area contributed by atoms with Crippen LogP contribution in [0.5, 0.6) is 0 Å². The molecule has 0 bridgehead atoms. The minimum Gasteiger partial charge on any atom is -0.381 e. The Hall–Kier alpha value is -3.91. The SMILES string of the molecule is CO[C@@H]1CC[C@H](n2ccc(C(=O)NCc3nc(-c4cc5c(N[C@@H]6CCN(C)C[C@@H]6F)cccc5n4CC(F)(F)F)no3)c2)C1. The third-order valence-electron chi connectivity index (χ3n) is 8.55. The van der Waals surface area contributed by atoms with Crippen LogP contribution in [0.2, 0.25) is 0 Å². The van der Waals surface area contributed by atoms with E-state index in [4.69, 9.17) is 9.26 Å². The van der Waals surface area contributed by atoms with Crippen LogP contribution in [0.15, 0.2) is 47.2 Å². The second-order valence-electron chi connectivity index (χ2n) is 11.7. The van der Waals surface area contributed by atoms with E-state index in [1.165, 1.54) is 0 Å². The maximum Gasteiger partial charge on any atom is 0.406 e. The Labute approximate surface area is 251 Å². The van der Waals surface area contributed by atoms with Gasteiger partial charge in [-0.25, -0.2) is 4.39 Å². The van der Waals surface area contributed by atoms with Crippen molar-refractivity contribution in [1.82, 2.24) is 29.5 Å². The summed E-state index contributed by atoms with van der Waals surface area (Å²) in [5, 5.41) is 10.4. The van der Waals surface area contributed by atoms with E-state index in [2.05, 4.69) is 20.8 Å². The molecule has 2 N–H and O–H groups in total. The van der Waals surface area contributed by atoms with Gasteiger partial charge in [0.1, 0.15) is 12.7 Å². The zero-order chi connectivity index (χ0) is 31.0. The number of nitrogens with one attached hydrogen (secondary N) is 2. The maximum atomic E-state index is 14.8. The predicted octanol–water partition coefficient (Wildman–Crippen LogP) is 5.18. The number of rotatable bonds is 9. The van der Waals surface area contributed by atoms with Crippen molar-refractivity contribution in [3.63, 3.8) is 0 Å². The van der Waals surface area contributed by atoms with Gasteiger partial charge in [0.2, 0.25) is 11.7 Å². The number of likely N-dealkylation sites (tertiary alicyclic amines) is 1.